The summed E-state index contributed by atoms with van der Waals surface area (Å²) in [4.78, 5) is 25.5. The number of hydrogen-bond acceptors (Lipinski definition) is 3. The normalized spacial score (nSPS) is 15.9. The van der Waals surface area contributed by atoms with Crippen LogP contribution in [-0.2, 0) is 9.59 Å². The van der Waals surface area contributed by atoms with Gasteiger partial charge in [0.15, 0.2) is 0 Å². The number of methoxy groups -OCH3 is 1. The summed E-state index contributed by atoms with van der Waals surface area (Å²) in [6.45, 7) is 5.13. The molecular weight excluding hydrogens is 352 g/mol. The molecule has 1 saturated carbocycles. The molecule has 2 amide bonds. The number of aryl methyl sites for hydroxylation is 1. The Hall–Kier alpha value is -1.75. The summed E-state index contributed by atoms with van der Waals surface area (Å²) in [6.07, 6.45) is 6.64. The Bertz CT molecular complexity index is 665. The highest BCUT2D eigenvalue weighted by Gasteiger charge is 2.37. The third-order valence-electron chi connectivity index (χ3n) is 5.05. The van der Waals surface area contributed by atoms with Gasteiger partial charge in [-0.3, -0.25) is 9.59 Å². The highest BCUT2D eigenvalue weighted by molar-refractivity contribution is 6.31. The Morgan fingerprint density at radius 2 is 1.73 bits per heavy atom. The summed E-state index contributed by atoms with van der Waals surface area (Å²) in [7, 11) is 1.51. The molecule has 0 bridgehead atoms. The van der Waals surface area contributed by atoms with Gasteiger partial charge in [0.2, 0.25) is 11.8 Å². The van der Waals surface area contributed by atoms with E-state index in [2.05, 4.69) is 10.6 Å². The molecule has 0 saturated heterocycles. The van der Waals surface area contributed by atoms with Gasteiger partial charge in [-0.05, 0) is 45.2 Å². The smallest absolute Gasteiger partial charge is 0.239 e. The topological polar surface area (TPSA) is 67.4 Å². The molecule has 5 nitrogen and oxygen atoms in total. The lowest BCUT2D eigenvalue weighted by Gasteiger charge is -2.26. The van der Waals surface area contributed by atoms with Crippen molar-refractivity contribution in [1.29, 1.82) is 0 Å². The summed E-state index contributed by atoms with van der Waals surface area (Å²) < 4.78 is 5.29. The molecule has 1 aromatic rings. The van der Waals surface area contributed by atoms with Crippen molar-refractivity contribution in [3.05, 3.63) is 22.7 Å². The molecule has 2 N–H and O–H groups in total. The number of rotatable bonds is 5. The van der Waals surface area contributed by atoms with Gasteiger partial charge in [0.05, 0.1) is 12.8 Å². The van der Waals surface area contributed by atoms with Gasteiger partial charge in [0.25, 0.3) is 0 Å². The van der Waals surface area contributed by atoms with Gasteiger partial charge in [-0.2, -0.15) is 0 Å². The van der Waals surface area contributed by atoms with Crippen LogP contribution in [0.5, 0.6) is 5.75 Å². The van der Waals surface area contributed by atoms with Gasteiger partial charge in [-0.1, -0.05) is 37.3 Å². The molecule has 0 aliphatic heterocycles. The van der Waals surface area contributed by atoms with Crippen LogP contribution < -0.4 is 15.4 Å². The first kappa shape index (κ1) is 20.6. The number of carbonyl (C=O) groups is 2. The average molecular weight is 381 g/mol. The minimum absolute atomic E-state index is 0.157. The van der Waals surface area contributed by atoms with E-state index in [9.17, 15) is 9.59 Å². The highest BCUT2D eigenvalue weighted by Crippen LogP contribution is 2.32. The number of halogens is 1. The van der Waals surface area contributed by atoms with E-state index in [1.54, 1.807) is 26.0 Å². The SMILES string of the molecule is COc1cc(Cl)c(C)cc1NC(=O)C(C)(C)C(=O)NC1CCCCCC1. The van der Waals surface area contributed by atoms with E-state index in [1.165, 1.54) is 20.0 Å². The van der Waals surface area contributed by atoms with Gasteiger partial charge < -0.3 is 15.4 Å². The fourth-order valence-corrected chi connectivity index (χ4v) is 3.25. The molecular formula is C20H29ClN2O3. The van der Waals surface area contributed by atoms with Crippen molar-refractivity contribution < 1.29 is 14.3 Å². The number of amides is 2. The molecule has 1 aromatic carbocycles. The second kappa shape index (κ2) is 8.76. The van der Waals surface area contributed by atoms with Crippen molar-refractivity contribution in [2.24, 2.45) is 5.41 Å². The molecule has 144 valence electrons. The number of hydrogen-bond donors (Lipinski definition) is 2. The molecule has 1 fully saturated rings. The lowest BCUT2D eigenvalue weighted by atomic mass is 9.90. The molecule has 1 aliphatic carbocycles. The van der Waals surface area contributed by atoms with Crippen molar-refractivity contribution in [3.63, 3.8) is 0 Å². The van der Waals surface area contributed by atoms with Crippen LogP contribution in [0.2, 0.25) is 5.02 Å². The van der Waals surface area contributed by atoms with Crippen LogP contribution in [0.15, 0.2) is 12.1 Å². The van der Waals surface area contributed by atoms with Crippen LogP contribution in [0.3, 0.4) is 0 Å². The maximum Gasteiger partial charge on any atom is 0.239 e. The Labute approximate surface area is 160 Å². The maximum absolute atomic E-state index is 12.8. The first-order valence-electron chi connectivity index (χ1n) is 9.22. The van der Waals surface area contributed by atoms with Gasteiger partial charge in [0.1, 0.15) is 11.2 Å². The van der Waals surface area contributed by atoms with E-state index in [-0.39, 0.29) is 17.9 Å². The third-order valence-corrected chi connectivity index (χ3v) is 5.46. The molecule has 0 unspecified atom stereocenters. The third kappa shape index (κ3) is 4.91. The van der Waals surface area contributed by atoms with Gasteiger partial charge in [0, 0.05) is 17.1 Å². The lowest BCUT2D eigenvalue weighted by molar-refractivity contribution is -0.138. The zero-order valence-electron chi connectivity index (χ0n) is 16.1. The number of carbonyl (C=O) groups excluding carboxylic acids is 2. The first-order chi connectivity index (χ1) is 12.3. The van der Waals surface area contributed by atoms with Crippen LogP contribution in [-0.4, -0.2) is 25.0 Å². The monoisotopic (exact) mass is 380 g/mol. The van der Waals surface area contributed by atoms with Crippen molar-refractivity contribution in [2.75, 3.05) is 12.4 Å². The summed E-state index contributed by atoms with van der Waals surface area (Å²) in [5, 5.41) is 6.44. The molecule has 26 heavy (non-hydrogen) atoms. The van der Waals surface area contributed by atoms with E-state index in [0.29, 0.717) is 16.5 Å². The highest BCUT2D eigenvalue weighted by atomic mass is 35.5. The Morgan fingerprint density at radius 3 is 2.31 bits per heavy atom. The molecule has 0 spiro atoms. The molecule has 1 aliphatic rings. The largest absolute Gasteiger partial charge is 0.495 e. The summed E-state index contributed by atoms with van der Waals surface area (Å²) in [5.41, 5.74) is 0.142. The summed E-state index contributed by atoms with van der Waals surface area (Å²) in [5.74, 6) is -0.149. The minimum atomic E-state index is -1.19. The predicted octanol–water partition coefficient (Wildman–Crippen LogP) is 4.46. The number of benzene rings is 1. The van der Waals surface area contributed by atoms with E-state index in [0.717, 1.165) is 31.2 Å². The van der Waals surface area contributed by atoms with Crippen LogP contribution in [0.25, 0.3) is 0 Å². The molecule has 0 atom stereocenters. The summed E-state index contributed by atoms with van der Waals surface area (Å²) in [6, 6.07) is 3.56. The average Bonchev–Trinajstić information content (AvgIpc) is 2.86. The standard InChI is InChI=1S/C20H29ClN2O3/c1-13-11-16(17(26-4)12-15(13)21)23-19(25)20(2,3)18(24)22-14-9-7-5-6-8-10-14/h11-12,14H,5-10H2,1-4H3,(H,22,24)(H,23,25). The van der Waals surface area contributed by atoms with E-state index < -0.39 is 5.41 Å². The van der Waals surface area contributed by atoms with E-state index >= 15 is 0 Å². The zero-order valence-corrected chi connectivity index (χ0v) is 16.8. The second-order valence-electron chi connectivity index (χ2n) is 7.54. The zero-order chi connectivity index (χ0) is 19.3. The maximum atomic E-state index is 12.8. The number of nitrogens with one attached hydrogen (secondary N) is 2. The quantitative estimate of drug-likeness (QED) is 0.585. The number of anilines is 1. The van der Waals surface area contributed by atoms with E-state index in [4.69, 9.17) is 16.3 Å². The predicted molar refractivity (Wildman–Crippen MR) is 105 cm³/mol. The molecule has 0 radical (unpaired) electrons. The van der Waals surface area contributed by atoms with Crippen molar-refractivity contribution in [2.45, 2.75) is 65.3 Å². The first-order valence-corrected chi connectivity index (χ1v) is 9.60. The lowest BCUT2D eigenvalue weighted by Crippen LogP contribution is -2.48. The molecule has 0 heterocycles. The second-order valence-corrected chi connectivity index (χ2v) is 7.95. The molecule has 0 aromatic heterocycles. The van der Waals surface area contributed by atoms with Gasteiger partial charge in [-0.15, -0.1) is 0 Å². The molecule has 6 heteroatoms. The van der Waals surface area contributed by atoms with Crippen molar-refractivity contribution >= 4 is 29.1 Å². The summed E-state index contributed by atoms with van der Waals surface area (Å²) >= 11 is 6.11. The fourth-order valence-electron chi connectivity index (χ4n) is 3.10. The number of ether oxygens (including phenoxy) is 1. The van der Waals surface area contributed by atoms with Crippen LogP contribution in [0, 0.1) is 12.3 Å². The van der Waals surface area contributed by atoms with Crippen molar-refractivity contribution in [3.8, 4) is 5.75 Å². The van der Waals surface area contributed by atoms with Crippen LogP contribution in [0.1, 0.15) is 57.9 Å². The molecule has 2 rings (SSSR count). The van der Waals surface area contributed by atoms with E-state index in [1.807, 2.05) is 6.92 Å². The minimum Gasteiger partial charge on any atom is -0.495 e. The van der Waals surface area contributed by atoms with Crippen LogP contribution >= 0.6 is 11.6 Å². The van der Waals surface area contributed by atoms with Crippen LogP contribution in [0.4, 0.5) is 5.69 Å². The van der Waals surface area contributed by atoms with Gasteiger partial charge in [-0.25, -0.2) is 0 Å². The Kier molecular flexibility index (Phi) is 6.93. The van der Waals surface area contributed by atoms with Gasteiger partial charge >= 0.3 is 0 Å². The Balaban J connectivity index is 2.09. The fraction of sp³-hybridized carbons (Fsp3) is 0.600. The Morgan fingerprint density at radius 1 is 1.12 bits per heavy atom. The van der Waals surface area contributed by atoms with Crippen molar-refractivity contribution in [1.82, 2.24) is 5.32 Å².